The maximum atomic E-state index is 12.3. The second-order valence-electron chi connectivity index (χ2n) is 5.06. The first kappa shape index (κ1) is 19.2. The lowest BCUT2D eigenvalue weighted by molar-refractivity contribution is -0.125. The summed E-state index contributed by atoms with van der Waals surface area (Å²) in [6.45, 7) is -2.79. The highest BCUT2D eigenvalue weighted by Crippen LogP contribution is 2.28. The molecular weight excluding hydrogens is 346 g/mol. The van der Waals surface area contributed by atoms with Gasteiger partial charge in [-0.25, -0.2) is 0 Å². The van der Waals surface area contributed by atoms with Crippen LogP contribution in [-0.2, 0) is 16.2 Å². The number of benzene rings is 2. The van der Waals surface area contributed by atoms with Gasteiger partial charge in [-0.1, -0.05) is 35.5 Å². The number of halogens is 2. The van der Waals surface area contributed by atoms with Crippen LogP contribution in [0.2, 0.25) is 0 Å². The summed E-state index contributed by atoms with van der Waals surface area (Å²) in [6, 6.07) is 13.7. The molecular formula is C18H18F2N2O4. The van der Waals surface area contributed by atoms with Crippen LogP contribution in [-0.4, -0.2) is 32.4 Å². The minimum absolute atomic E-state index is 0.0825. The molecule has 8 heteroatoms. The van der Waals surface area contributed by atoms with E-state index in [0.717, 1.165) is 5.56 Å². The Morgan fingerprint density at radius 3 is 2.65 bits per heavy atom. The molecule has 6 nitrogen and oxygen atoms in total. The quantitative estimate of drug-likeness (QED) is 0.549. The van der Waals surface area contributed by atoms with E-state index in [1.807, 2.05) is 30.3 Å². The molecule has 0 fully saturated rings. The highest BCUT2D eigenvalue weighted by molar-refractivity contribution is 5.81. The third-order valence-corrected chi connectivity index (χ3v) is 3.21. The molecule has 2 aromatic rings. The predicted molar refractivity (Wildman–Crippen MR) is 91.5 cm³/mol. The number of rotatable bonds is 9. The van der Waals surface area contributed by atoms with Crippen molar-refractivity contribution >= 4 is 12.1 Å². The van der Waals surface area contributed by atoms with Crippen LogP contribution in [0.5, 0.6) is 11.5 Å². The third kappa shape index (κ3) is 6.39. The van der Waals surface area contributed by atoms with Gasteiger partial charge in [-0.15, -0.1) is 0 Å². The van der Waals surface area contributed by atoms with Crippen LogP contribution >= 0.6 is 0 Å². The monoisotopic (exact) mass is 364 g/mol. The van der Waals surface area contributed by atoms with E-state index in [1.54, 1.807) is 0 Å². The lowest BCUT2D eigenvalue weighted by atomic mass is 10.2. The Hall–Kier alpha value is -3.16. The molecule has 2 rings (SSSR count). The molecule has 0 saturated carbocycles. The first-order chi connectivity index (χ1) is 12.6. The minimum atomic E-state index is -2.94. The van der Waals surface area contributed by atoms with E-state index in [1.165, 1.54) is 31.5 Å². The smallest absolute Gasteiger partial charge is 0.387 e. The van der Waals surface area contributed by atoms with Crippen molar-refractivity contribution in [2.24, 2.45) is 5.16 Å². The number of carbonyl (C=O) groups excluding carboxylic acids is 1. The van der Waals surface area contributed by atoms with Crippen LogP contribution in [0.1, 0.15) is 11.1 Å². The zero-order chi connectivity index (χ0) is 18.8. The molecule has 138 valence electrons. The fourth-order valence-electron chi connectivity index (χ4n) is 2.00. The molecule has 0 atom stereocenters. The van der Waals surface area contributed by atoms with Crippen molar-refractivity contribution in [3.63, 3.8) is 0 Å². The summed E-state index contributed by atoms with van der Waals surface area (Å²) in [7, 11) is 1.34. The fraction of sp³-hybridized carbons (Fsp3) is 0.222. The summed E-state index contributed by atoms with van der Waals surface area (Å²) < 4.78 is 33.8. The van der Waals surface area contributed by atoms with E-state index >= 15 is 0 Å². The molecule has 1 N–H and O–H groups in total. The van der Waals surface area contributed by atoms with E-state index in [2.05, 4.69) is 15.2 Å². The highest BCUT2D eigenvalue weighted by atomic mass is 19.3. The van der Waals surface area contributed by atoms with Crippen molar-refractivity contribution < 1.29 is 27.9 Å². The van der Waals surface area contributed by atoms with Crippen molar-refractivity contribution in [3.05, 3.63) is 59.7 Å². The van der Waals surface area contributed by atoms with E-state index < -0.39 is 6.61 Å². The Bertz CT molecular complexity index is 739. The van der Waals surface area contributed by atoms with Gasteiger partial charge in [0.25, 0.3) is 5.91 Å². The number of amides is 1. The average molecular weight is 364 g/mol. The molecule has 0 aromatic heterocycles. The van der Waals surface area contributed by atoms with Gasteiger partial charge in [-0.2, -0.15) is 8.78 Å². The number of nitrogens with zero attached hydrogens (tertiary/aromatic N) is 1. The molecule has 0 bridgehead atoms. The lowest BCUT2D eigenvalue weighted by Gasteiger charge is -2.09. The number of hydrogen-bond acceptors (Lipinski definition) is 5. The standard InChI is InChI=1S/C18H18F2N2O4/c1-24-16-9-14(7-8-15(16)26-18(19)20)11-22-25-12-17(23)21-10-13-5-3-2-4-6-13/h2-9,11,18H,10,12H2,1H3,(H,21,23)/b22-11+. The zero-order valence-corrected chi connectivity index (χ0v) is 14.0. The van der Waals surface area contributed by atoms with Crippen LogP contribution < -0.4 is 14.8 Å². The van der Waals surface area contributed by atoms with Gasteiger partial charge in [0.05, 0.1) is 13.3 Å². The van der Waals surface area contributed by atoms with Gasteiger partial charge >= 0.3 is 6.61 Å². The van der Waals surface area contributed by atoms with Crippen molar-refractivity contribution in [1.29, 1.82) is 0 Å². The van der Waals surface area contributed by atoms with Crippen molar-refractivity contribution in [2.75, 3.05) is 13.7 Å². The van der Waals surface area contributed by atoms with Gasteiger partial charge < -0.3 is 19.6 Å². The molecule has 0 aliphatic heterocycles. The molecule has 0 radical (unpaired) electrons. The van der Waals surface area contributed by atoms with Gasteiger partial charge in [0.15, 0.2) is 18.1 Å². The summed E-state index contributed by atoms with van der Waals surface area (Å²) in [5.74, 6) is -0.264. The van der Waals surface area contributed by atoms with E-state index in [9.17, 15) is 13.6 Å². The van der Waals surface area contributed by atoms with Crippen LogP contribution in [0.25, 0.3) is 0 Å². The van der Waals surface area contributed by atoms with Crippen LogP contribution in [0, 0.1) is 0 Å². The molecule has 26 heavy (non-hydrogen) atoms. The second kappa shape index (κ2) is 9.97. The SMILES string of the molecule is COc1cc(/C=N/OCC(=O)NCc2ccccc2)ccc1OC(F)F. The van der Waals surface area contributed by atoms with E-state index in [0.29, 0.717) is 12.1 Å². The van der Waals surface area contributed by atoms with Crippen molar-refractivity contribution in [1.82, 2.24) is 5.32 Å². The third-order valence-electron chi connectivity index (χ3n) is 3.21. The summed E-state index contributed by atoms with van der Waals surface area (Å²) >= 11 is 0. The number of ether oxygens (including phenoxy) is 2. The minimum Gasteiger partial charge on any atom is -0.493 e. The van der Waals surface area contributed by atoms with Crippen LogP contribution in [0.3, 0.4) is 0 Å². The molecule has 0 heterocycles. The summed E-state index contributed by atoms with van der Waals surface area (Å²) in [5, 5.41) is 6.37. The van der Waals surface area contributed by atoms with Gasteiger partial charge in [0, 0.05) is 12.1 Å². The summed E-state index contributed by atoms with van der Waals surface area (Å²) in [6.07, 6.45) is 1.33. The first-order valence-corrected chi connectivity index (χ1v) is 7.67. The van der Waals surface area contributed by atoms with E-state index in [-0.39, 0.29) is 24.0 Å². The van der Waals surface area contributed by atoms with Gasteiger partial charge in [-0.3, -0.25) is 4.79 Å². The van der Waals surface area contributed by atoms with Crippen molar-refractivity contribution in [2.45, 2.75) is 13.2 Å². The van der Waals surface area contributed by atoms with Crippen LogP contribution in [0.15, 0.2) is 53.7 Å². The van der Waals surface area contributed by atoms with E-state index in [4.69, 9.17) is 9.57 Å². The van der Waals surface area contributed by atoms with Gasteiger partial charge in [-0.05, 0) is 23.8 Å². The molecule has 2 aromatic carbocycles. The zero-order valence-electron chi connectivity index (χ0n) is 14.0. The van der Waals surface area contributed by atoms with Gasteiger partial charge in [0.2, 0.25) is 0 Å². The number of alkyl halides is 2. The molecule has 0 unspecified atom stereocenters. The number of carbonyl (C=O) groups is 1. The number of hydrogen-bond donors (Lipinski definition) is 1. The molecule has 0 aliphatic rings. The highest BCUT2D eigenvalue weighted by Gasteiger charge is 2.10. The van der Waals surface area contributed by atoms with Gasteiger partial charge in [0.1, 0.15) is 0 Å². The maximum Gasteiger partial charge on any atom is 0.387 e. The maximum absolute atomic E-state index is 12.3. The summed E-state index contributed by atoms with van der Waals surface area (Å²) in [4.78, 5) is 16.6. The Kier molecular flexibility index (Phi) is 7.35. The lowest BCUT2D eigenvalue weighted by Crippen LogP contribution is -2.26. The number of methoxy groups -OCH3 is 1. The number of oxime groups is 1. The second-order valence-corrected chi connectivity index (χ2v) is 5.06. The largest absolute Gasteiger partial charge is 0.493 e. The topological polar surface area (TPSA) is 69.2 Å². The summed E-state index contributed by atoms with van der Waals surface area (Å²) in [5.41, 5.74) is 1.51. The first-order valence-electron chi connectivity index (χ1n) is 7.67. The Balaban J connectivity index is 1.79. The normalized spacial score (nSPS) is 10.8. The number of nitrogens with one attached hydrogen (secondary N) is 1. The predicted octanol–water partition coefficient (Wildman–Crippen LogP) is 2.96. The molecule has 0 spiro atoms. The van der Waals surface area contributed by atoms with Crippen molar-refractivity contribution in [3.8, 4) is 11.5 Å². The Morgan fingerprint density at radius 2 is 1.96 bits per heavy atom. The Labute approximate surface area is 149 Å². The Morgan fingerprint density at radius 1 is 1.19 bits per heavy atom. The van der Waals surface area contributed by atoms with Crippen LogP contribution in [0.4, 0.5) is 8.78 Å². The molecule has 0 saturated heterocycles. The fourth-order valence-corrected chi connectivity index (χ4v) is 2.00. The average Bonchev–Trinajstić information content (AvgIpc) is 2.65. The molecule has 0 aliphatic carbocycles. The molecule has 1 amide bonds.